The van der Waals surface area contributed by atoms with Gasteiger partial charge in [0.15, 0.2) is 0 Å². The summed E-state index contributed by atoms with van der Waals surface area (Å²) in [5, 5.41) is 4.51. The molecule has 0 aliphatic carbocycles. The molecule has 0 saturated carbocycles. The molecule has 1 rings (SSSR count). The highest BCUT2D eigenvalue weighted by Crippen LogP contribution is 2.23. The lowest BCUT2D eigenvalue weighted by Gasteiger charge is -2.14. The maximum Gasteiger partial charge on any atom is 0.249 e. The van der Waals surface area contributed by atoms with E-state index in [0.29, 0.717) is 5.56 Å². The lowest BCUT2D eigenvalue weighted by molar-refractivity contribution is -0.169. The predicted molar refractivity (Wildman–Crippen MR) is 52.6 cm³/mol. The van der Waals surface area contributed by atoms with E-state index in [4.69, 9.17) is 0 Å². The number of hydrogen-bond donors (Lipinski definition) is 0. The van der Waals surface area contributed by atoms with Gasteiger partial charge >= 0.3 is 0 Å². The first-order valence-corrected chi connectivity index (χ1v) is 5.06. The zero-order valence-corrected chi connectivity index (χ0v) is 8.88. The van der Waals surface area contributed by atoms with Gasteiger partial charge < -0.3 is 0 Å². The van der Waals surface area contributed by atoms with Crippen molar-refractivity contribution in [3.05, 3.63) is 22.4 Å². The SMILES string of the molecule is CON(C)C(=O)C[C@H](F)c1ccsc1. The summed E-state index contributed by atoms with van der Waals surface area (Å²) in [7, 11) is 2.83. The van der Waals surface area contributed by atoms with Crippen LogP contribution in [0.4, 0.5) is 4.39 Å². The minimum absolute atomic E-state index is 0.179. The zero-order chi connectivity index (χ0) is 10.6. The summed E-state index contributed by atoms with van der Waals surface area (Å²) >= 11 is 1.41. The topological polar surface area (TPSA) is 29.5 Å². The Morgan fingerprint density at radius 2 is 2.50 bits per heavy atom. The van der Waals surface area contributed by atoms with Gasteiger partial charge in [0, 0.05) is 7.05 Å². The first-order chi connectivity index (χ1) is 6.65. The Kier molecular flexibility index (Phi) is 4.03. The zero-order valence-electron chi connectivity index (χ0n) is 8.07. The number of carbonyl (C=O) groups is 1. The Hall–Kier alpha value is -0.940. The van der Waals surface area contributed by atoms with E-state index in [0.717, 1.165) is 5.06 Å². The van der Waals surface area contributed by atoms with Gasteiger partial charge in [0.1, 0.15) is 6.17 Å². The number of alkyl halides is 1. The minimum Gasteiger partial charge on any atom is -0.275 e. The van der Waals surface area contributed by atoms with Crippen molar-refractivity contribution in [3.63, 3.8) is 0 Å². The second-order valence-electron chi connectivity index (χ2n) is 2.80. The predicted octanol–water partition coefficient (Wildman–Crippen LogP) is 2.17. The van der Waals surface area contributed by atoms with Crippen LogP contribution >= 0.6 is 11.3 Å². The smallest absolute Gasteiger partial charge is 0.249 e. The Morgan fingerprint density at radius 1 is 1.79 bits per heavy atom. The van der Waals surface area contributed by atoms with Crippen molar-refractivity contribution >= 4 is 17.2 Å². The van der Waals surface area contributed by atoms with E-state index in [1.54, 1.807) is 16.8 Å². The van der Waals surface area contributed by atoms with Crippen LogP contribution in [0.3, 0.4) is 0 Å². The van der Waals surface area contributed by atoms with E-state index in [1.165, 1.54) is 25.5 Å². The molecule has 0 aliphatic rings. The van der Waals surface area contributed by atoms with Gasteiger partial charge in [-0.2, -0.15) is 11.3 Å². The first kappa shape index (κ1) is 11.1. The molecule has 0 saturated heterocycles. The van der Waals surface area contributed by atoms with Gasteiger partial charge in [-0.05, 0) is 22.4 Å². The fourth-order valence-corrected chi connectivity index (χ4v) is 1.65. The summed E-state index contributed by atoms with van der Waals surface area (Å²) in [6.07, 6.45) is -1.42. The third kappa shape index (κ3) is 2.78. The van der Waals surface area contributed by atoms with Gasteiger partial charge in [-0.3, -0.25) is 9.63 Å². The van der Waals surface area contributed by atoms with Gasteiger partial charge in [-0.1, -0.05) is 0 Å². The van der Waals surface area contributed by atoms with Crippen LogP contribution in [0.15, 0.2) is 16.8 Å². The summed E-state index contributed by atoms with van der Waals surface area (Å²) in [6.45, 7) is 0. The number of halogens is 1. The number of amides is 1. The molecule has 0 radical (unpaired) electrons. The molecule has 0 aliphatic heterocycles. The van der Waals surface area contributed by atoms with Gasteiger partial charge in [0.05, 0.1) is 13.5 Å². The number of hydrogen-bond acceptors (Lipinski definition) is 3. The molecule has 0 N–H and O–H groups in total. The Morgan fingerprint density at radius 3 is 3.00 bits per heavy atom. The average Bonchev–Trinajstić information content (AvgIpc) is 2.69. The summed E-state index contributed by atoms with van der Waals surface area (Å²) < 4.78 is 13.4. The summed E-state index contributed by atoms with van der Waals surface area (Å²) in [5.74, 6) is -0.369. The minimum atomic E-state index is -1.24. The Balaban J connectivity index is 2.49. The second-order valence-corrected chi connectivity index (χ2v) is 3.58. The molecule has 1 amide bonds. The molecule has 1 heterocycles. The van der Waals surface area contributed by atoms with Crippen molar-refractivity contribution < 1.29 is 14.0 Å². The standard InChI is InChI=1S/C9H12FNO2S/c1-11(13-2)9(12)5-8(10)7-3-4-14-6-7/h3-4,6,8H,5H2,1-2H3/t8-/m0/s1. The number of thiophene rings is 1. The van der Waals surface area contributed by atoms with Gasteiger partial charge in [0.2, 0.25) is 5.91 Å². The molecule has 3 nitrogen and oxygen atoms in total. The Labute approximate surface area is 86.1 Å². The van der Waals surface area contributed by atoms with Crippen molar-refractivity contribution in [1.82, 2.24) is 5.06 Å². The van der Waals surface area contributed by atoms with Gasteiger partial charge in [-0.15, -0.1) is 0 Å². The van der Waals surface area contributed by atoms with Crippen LogP contribution in [0.5, 0.6) is 0 Å². The third-order valence-corrected chi connectivity index (χ3v) is 2.59. The highest BCUT2D eigenvalue weighted by atomic mass is 32.1. The van der Waals surface area contributed by atoms with Crippen LogP contribution in [0.1, 0.15) is 18.2 Å². The van der Waals surface area contributed by atoms with Crippen LogP contribution in [0, 0.1) is 0 Å². The molecule has 0 spiro atoms. The average molecular weight is 217 g/mol. The molecule has 1 aromatic rings. The van der Waals surface area contributed by atoms with Crippen LogP contribution in [0.2, 0.25) is 0 Å². The second kappa shape index (κ2) is 5.07. The molecule has 1 aromatic heterocycles. The van der Waals surface area contributed by atoms with Crippen LogP contribution in [-0.2, 0) is 9.63 Å². The van der Waals surface area contributed by atoms with Crippen molar-refractivity contribution in [2.75, 3.05) is 14.2 Å². The maximum absolute atomic E-state index is 13.4. The quantitative estimate of drug-likeness (QED) is 0.723. The summed E-state index contributed by atoms with van der Waals surface area (Å²) in [5.41, 5.74) is 0.549. The lowest BCUT2D eigenvalue weighted by atomic mass is 10.1. The maximum atomic E-state index is 13.4. The molecular weight excluding hydrogens is 205 g/mol. The highest BCUT2D eigenvalue weighted by Gasteiger charge is 2.17. The molecule has 78 valence electrons. The third-order valence-electron chi connectivity index (χ3n) is 1.88. The van der Waals surface area contributed by atoms with E-state index >= 15 is 0 Å². The fraction of sp³-hybridized carbons (Fsp3) is 0.444. The number of nitrogens with zero attached hydrogens (tertiary/aromatic N) is 1. The van der Waals surface area contributed by atoms with Gasteiger partial charge in [-0.25, -0.2) is 9.45 Å². The van der Waals surface area contributed by atoms with Crippen molar-refractivity contribution in [1.29, 1.82) is 0 Å². The molecule has 0 aromatic carbocycles. The molecular formula is C9H12FNO2S. The summed E-state index contributed by atoms with van der Waals surface area (Å²) in [6, 6.07) is 1.68. The van der Waals surface area contributed by atoms with Crippen molar-refractivity contribution in [2.24, 2.45) is 0 Å². The number of hydroxylamine groups is 2. The van der Waals surface area contributed by atoms with E-state index in [1.807, 2.05) is 0 Å². The van der Waals surface area contributed by atoms with Crippen molar-refractivity contribution in [3.8, 4) is 0 Å². The monoisotopic (exact) mass is 217 g/mol. The van der Waals surface area contributed by atoms with E-state index in [-0.39, 0.29) is 12.3 Å². The van der Waals surface area contributed by atoms with Crippen molar-refractivity contribution in [2.45, 2.75) is 12.6 Å². The van der Waals surface area contributed by atoms with Crippen LogP contribution < -0.4 is 0 Å². The first-order valence-electron chi connectivity index (χ1n) is 4.12. The Bertz CT molecular complexity index is 289. The summed E-state index contributed by atoms with van der Waals surface area (Å²) in [4.78, 5) is 15.9. The molecule has 5 heteroatoms. The fourth-order valence-electron chi connectivity index (χ4n) is 0.955. The van der Waals surface area contributed by atoms with Crippen LogP contribution in [-0.4, -0.2) is 25.1 Å². The lowest BCUT2D eigenvalue weighted by Crippen LogP contribution is -2.26. The number of rotatable bonds is 4. The molecule has 0 bridgehead atoms. The van der Waals surface area contributed by atoms with Crippen LogP contribution in [0.25, 0.3) is 0 Å². The van der Waals surface area contributed by atoms with E-state index in [9.17, 15) is 9.18 Å². The molecule has 14 heavy (non-hydrogen) atoms. The van der Waals surface area contributed by atoms with E-state index < -0.39 is 6.17 Å². The molecule has 1 atom stereocenters. The largest absolute Gasteiger partial charge is 0.275 e. The van der Waals surface area contributed by atoms with E-state index in [2.05, 4.69) is 4.84 Å². The molecule has 0 fully saturated rings. The highest BCUT2D eigenvalue weighted by molar-refractivity contribution is 7.07. The normalized spacial score (nSPS) is 12.5. The molecule has 0 unspecified atom stereocenters. The van der Waals surface area contributed by atoms with Gasteiger partial charge in [0.25, 0.3) is 0 Å². The number of carbonyl (C=O) groups excluding carboxylic acids is 1.